The van der Waals surface area contributed by atoms with Crippen LogP contribution in [-0.4, -0.2) is 14.9 Å². The first-order valence-electron chi connectivity index (χ1n) is 4.11. The molecule has 0 radical (unpaired) electrons. The van der Waals surface area contributed by atoms with Gasteiger partial charge in [-0.15, -0.1) is 0 Å². The van der Waals surface area contributed by atoms with Crippen LogP contribution in [0.2, 0.25) is 5.02 Å². The Morgan fingerprint density at radius 2 is 2.36 bits per heavy atom. The van der Waals surface area contributed by atoms with E-state index in [2.05, 4.69) is 4.98 Å². The van der Waals surface area contributed by atoms with Gasteiger partial charge >= 0.3 is 0 Å². The van der Waals surface area contributed by atoms with Crippen LogP contribution >= 0.6 is 11.6 Å². The van der Waals surface area contributed by atoms with Crippen molar-refractivity contribution >= 4 is 22.4 Å². The molecule has 0 aliphatic heterocycles. The highest BCUT2D eigenvalue weighted by Gasteiger charge is 2.04. The molecule has 5 heteroatoms. The second kappa shape index (κ2) is 5.74. The molecule has 0 amide bonds. The molecule has 74 valence electrons. The van der Waals surface area contributed by atoms with Gasteiger partial charge in [-0.2, -0.15) is 5.26 Å². The summed E-state index contributed by atoms with van der Waals surface area (Å²) < 4.78 is 11.5. The lowest BCUT2D eigenvalue weighted by atomic mass is 10.4. The molecule has 0 unspecified atom stereocenters. The minimum absolute atomic E-state index is 0.430. The molecule has 1 heterocycles. The average molecular weight is 229 g/mol. The van der Waals surface area contributed by atoms with Gasteiger partial charge in [0, 0.05) is 18.4 Å². The summed E-state index contributed by atoms with van der Waals surface area (Å²) in [6.45, 7) is 0. The quantitative estimate of drug-likeness (QED) is 0.742. The van der Waals surface area contributed by atoms with Crippen LogP contribution in [0, 0.1) is 11.3 Å². The first kappa shape index (κ1) is 11.2. The van der Waals surface area contributed by atoms with Gasteiger partial charge in [-0.25, -0.2) is 4.98 Å². The van der Waals surface area contributed by atoms with Crippen molar-refractivity contribution < 1.29 is 4.21 Å². The van der Waals surface area contributed by atoms with Crippen LogP contribution < -0.4 is 0 Å². The monoisotopic (exact) mass is 228 g/mol. The summed E-state index contributed by atoms with van der Waals surface area (Å²) in [5.74, 6) is 0.474. The number of pyridine rings is 1. The van der Waals surface area contributed by atoms with E-state index in [0.29, 0.717) is 28.6 Å². The minimum atomic E-state index is -1.11. The number of unbranched alkanes of at least 4 members (excludes halogenated alkanes) is 1. The van der Waals surface area contributed by atoms with Gasteiger partial charge in [0.05, 0.1) is 21.9 Å². The normalized spacial score (nSPS) is 12.0. The zero-order valence-corrected chi connectivity index (χ0v) is 9.01. The molecule has 0 fully saturated rings. The van der Waals surface area contributed by atoms with E-state index in [0.717, 1.165) is 0 Å². The van der Waals surface area contributed by atoms with E-state index in [1.54, 1.807) is 12.1 Å². The summed E-state index contributed by atoms with van der Waals surface area (Å²) in [4.78, 5) is 3.94. The molecule has 0 spiro atoms. The van der Waals surface area contributed by atoms with E-state index >= 15 is 0 Å². The van der Waals surface area contributed by atoms with Crippen LogP contribution in [-0.2, 0) is 10.8 Å². The van der Waals surface area contributed by atoms with Crippen molar-refractivity contribution in [3.63, 3.8) is 0 Å². The third-order valence-corrected chi connectivity index (χ3v) is 3.14. The Labute approximate surface area is 90.2 Å². The average Bonchev–Trinajstić information content (AvgIpc) is 2.19. The smallest absolute Gasteiger partial charge is 0.127 e. The number of aromatic nitrogens is 1. The Hall–Kier alpha value is -0.920. The van der Waals surface area contributed by atoms with Crippen LogP contribution in [0.4, 0.5) is 0 Å². The Morgan fingerprint density at radius 1 is 1.57 bits per heavy atom. The maximum absolute atomic E-state index is 11.5. The van der Waals surface area contributed by atoms with Gasteiger partial charge in [-0.05, 0) is 18.6 Å². The van der Waals surface area contributed by atoms with Crippen LogP contribution in [0.15, 0.2) is 23.4 Å². The molecular formula is C9H9ClN2OS. The van der Waals surface area contributed by atoms with E-state index in [-0.39, 0.29) is 0 Å². The third-order valence-electron chi connectivity index (χ3n) is 1.55. The fourth-order valence-corrected chi connectivity index (χ4v) is 2.00. The second-order valence-corrected chi connectivity index (χ2v) is 4.58. The molecule has 14 heavy (non-hydrogen) atoms. The lowest BCUT2D eigenvalue weighted by molar-refractivity contribution is 0.678. The van der Waals surface area contributed by atoms with Crippen molar-refractivity contribution in [3.05, 3.63) is 23.4 Å². The number of hydrogen-bond acceptors (Lipinski definition) is 3. The van der Waals surface area contributed by atoms with E-state index in [4.69, 9.17) is 16.9 Å². The predicted molar refractivity (Wildman–Crippen MR) is 55.4 cm³/mol. The van der Waals surface area contributed by atoms with Crippen molar-refractivity contribution in [3.8, 4) is 6.07 Å². The van der Waals surface area contributed by atoms with Crippen LogP contribution in [0.1, 0.15) is 12.8 Å². The molecule has 0 saturated heterocycles. The molecule has 0 aromatic carbocycles. The molecule has 3 nitrogen and oxygen atoms in total. The van der Waals surface area contributed by atoms with Crippen LogP contribution in [0.3, 0.4) is 0 Å². The van der Waals surface area contributed by atoms with Crippen molar-refractivity contribution in [2.75, 3.05) is 5.75 Å². The van der Waals surface area contributed by atoms with E-state index in [1.165, 1.54) is 6.20 Å². The molecule has 1 rings (SSSR count). The van der Waals surface area contributed by atoms with Gasteiger partial charge in [-0.3, -0.25) is 4.21 Å². The van der Waals surface area contributed by atoms with Gasteiger partial charge in [0.25, 0.3) is 0 Å². The van der Waals surface area contributed by atoms with E-state index in [9.17, 15) is 4.21 Å². The molecule has 0 saturated carbocycles. The van der Waals surface area contributed by atoms with Gasteiger partial charge in [0.15, 0.2) is 0 Å². The molecule has 0 aliphatic carbocycles. The summed E-state index contributed by atoms with van der Waals surface area (Å²) in [5.41, 5.74) is 0. The molecule has 0 aliphatic rings. The molecule has 1 atom stereocenters. The number of nitrogens with zero attached hydrogens (tertiary/aromatic N) is 2. The maximum Gasteiger partial charge on any atom is 0.127 e. The molecule has 1 aromatic rings. The van der Waals surface area contributed by atoms with Crippen molar-refractivity contribution in [1.82, 2.24) is 4.98 Å². The molecule has 0 N–H and O–H groups in total. The summed E-state index contributed by atoms with van der Waals surface area (Å²) in [7, 11) is -1.11. The summed E-state index contributed by atoms with van der Waals surface area (Å²) >= 11 is 5.64. The number of nitriles is 1. The number of hydrogen-bond donors (Lipinski definition) is 0. The second-order valence-electron chi connectivity index (χ2n) is 2.63. The third kappa shape index (κ3) is 3.44. The Balaban J connectivity index is 2.53. The fourth-order valence-electron chi connectivity index (χ4n) is 0.884. The number of halogens is 1. The van der Waals surface area contributed by atoms with Gasteiger partial charge in [-0.1, -0.05) is 11.6 Å². The van der Waals surface area contributed by atoms with Crippen LogP contribution in [0.25, 0.3) is 0 Å². The summed E-state index contributed by atoms with van der Waals surface area (Å²) in [6, 6.07) is 5.31. The van der Waals surface area contributed by atoms with Crippen molar-refractivity contribution in [2.24, 2.45) is 0 Å². The Morgan fingerprint density at radius 3 is 2.93 bits per heavy atom. The molecule has 0 bridgehead atoms. The predicted octanol–water partition coefficient (Wildman–Crippen LogP) is 2.15. The van der Waals surface area contributed by atoms with Crippen molar-refractivity contribution in [1.29, 1.82) is 5.26 Å². The fraction of sp³-hybridized carbons (Fsp3) is 0.333. The first-order valence-corrected chi connectivity index (χ1v) is 5.80. The van der Waals surface area contributed by atoms with Gasteiger partial charge in [0.2, 0.25) is 0 Å². The largest absolute Gasteiger partial charge is 0.253 e. The summed E-state index contributed by atoms with van der Waals surface area (Å²) in [5, 5.41) is 9.36. The van der Waals surface area contributed by atoms with Crippen LogP contribution in [0.5, 0.6) is 0 Å². The maximum atomic E-state index is 11.5. The highest BCUT2D eigenvalue weighted by Crippen LogP contribution is 2.10. The lowest BCUT2D eigenvalue weighted by Gasteiger charge is -1.98. The zero-order valence-electron chi connectivity index (χ0n) is 7.44. The Kier molecular flexibility index (Phi) is 4.57. The minimum Gasteiger partial charge on any atom is -0.253 e. The highest BCUT2D eigenvalue weighted by molar-refractivity contribution is 7.84. The molecule has 1 aromatic heterocycles. The first-order chi connectivity index (χ1) is 6.74. The van der Waals surface area contributed by atoms with Gasteiger partial charge < -0.3 is 0 Å². The Bertz CT molecular complexity index is 358. The van der Waals surface area contributed by atoms with Gasteiger partial charge in [0.1, 0.15) is 5.03 Å². The van der Waals surface area contributed by atoms with Crippen molar-refractivity contribution in [2.45, 2.75) is 17.9 Å². The lowest BCUT2D eigenvalue weighted by Crippen LogP contribution is -1.99. The standard InChI is InChI=1S/C9H9ClN2OS/c10-8-3-4-9(12-7-8)14(13)6-2-1-5-11/h3-4,7H,1-2,6H2/t14-/m0/s1. The SMILES string of the molecule is N#CCCC[S@](=O)c1ccc(Cl)cn1. The highest BCUT2D eigenvalue weighted by atomic mass is 35.5. The van der Waals surface area contributed by atoms with E-state index in [1.807, 2.05) is 6.07 Å². The zero-order chi connectivity index (χ0) is 10.4. The molecular weight excluding hydrogens is 220 g/mol. The van der Waals surface area contributed by atoms with E-state index < -0.39 is 10.8 Å². The summed E-state index contributed by atoms with van der Waals surface area (Å²) in [6.07, 6.45) is 2.53. The topological polar surface area (TPSA) is 53.8 Å². The number of rotatable bonds is 4.